The summed E-state index contributed by atoms with van der Waals surface area (Å²) in [5, 5.41) is 18.6. The lowest BCUT2D eigenvalue weighted by Crippen LogP contribution is -2.32. The number of benzene rings is 1. The molecular formula is C22H20FN5OS. The summed E-state index contributed by atoms with van der Waals surface area (Å²) in [6.45, 7) is 4.77. The third-order valence-corrected chi connectivity index (χ3v) is 6.18. The molecule has 0 saturated heterocycles. The van der Waals surface area contributed by atoms with Gasteiger partial charge in [0.15, 0.2) is 5.82 Å². The van der Waals surface area contributed by atoms with Gasteiger partial charge in [0.05, 0.1) is 4.53 Å². The van der Waals surface area contributed by atoms with Gasteiger partial charge >= 0.3 is 0 Å². The van der Waals surface area contributed by atoms with Crippen LogP contribution < -0.4 is 14.8 Å². The van der Waals surface area contributed by atoms with Gasteiger partial charge in [-0.3, -0.25) is 9.36 Å². The fourth-order valence-corrected chi connectivity index (χ4v) is 4.68. The Labute approximate surface area is 176 Å². The van der Waals surface area contributed by atoms with Crippen LogP contribution in [0.2, 0.25) is 0 Å². The second kappa shape index (κ2) is 8.59. The minimum atomic E-state index is -0.337. The largest absolute Gasteiger partial charge is 0.310 e. The molecule has 0 amide bonds. The van der Waals surface area contributed by atoms with Gasteiger partial charge in [-0.15, -0.1) is 28.1 Å². The number of fused-ring (bicyclic) bond motifs is 1. The fourth-order valence-electron chi connectivity index (χ4n) is 3.57. The number of halogens is 1. The Bertz CT molecular complexity index is 1310. The van der Waals surface area contributed by atoms with Gasteiger partial charge in [-0.25, -0.2) is 4.39 Å². The van der Waals surface area contributed by atoms with Crippen molar-refractivity contribution < 1.29 is 4.39 Å². The molecule has 8 heteroatoms. The van der Waals surface area contributed by atoms with Crippen molar-refractivity contribution in [1.82, 2.24) is 19.3 Å². The number of thiazole rings is 1. The first-order valence-electron chi connectivity index (χ1n) is 9.77. The number of allylic oxidation sites excluding steroid dienone is 1. The molecule has 0 spiro atoms. The van der Waals surface area contributed by atoms with Crippen molar-refractivity contribution in [2.45, 2.75) is 38.8 Å². The van der Waals surface area contributed by atoms with Crippen molar-refractivity contribution in [1.29, 1.82) is 5.26 Å². The summed E-state index contributed by atoms with van der Waals surface area (Å²) in [6, 6.07) is 8.17. The van der Waals surface area contributed by atoms with Crippen LogP contribution in [0.5, 0.6) is 0 Å². The summed E-state index contributed by atoms with van der Waals surface area (Å²) in [6.07, 6.45) is 7.33. The number of aromatic nitrogens is 4. The summed E-state index contributed by atoms with van der Waals surface area (Å²) in [7, 11) is 0. The van der Waals surface area contributed by atoms with Crippen molar-refractivity contribution in [2.75, 3.05) is 0 Å². The predicted molar refractivity (Wildman–Crippen MR) is 114 cm³/mol. The van der Waals surface area contributed by atoms with E-state index in [9.17, 15) is 14.4 Å². The highest BCUT2D eigenvalue weighted by Gasteiger charge is 2.20. The standard InChI is InChI=1S/C22H20FN5OS/c1-2-11-28-21(29)18(13-15-7-9-16(23)10-8-15)30-22(28)17(14-24)20-26-25-19-6-4-3-5-12-27(19)20/h2,7-10,13H,1,3-6,11-12H2/b18-13-,22-17-. The van der Waals surface area contributed by atoms with Crippen LogP contribution in [-0.4, -0.2) is 19.3 Å². The maximum Gasteiger partial charge on any atom is 0.269 e. The van der Waals surface area contributed by atoms with Gasteiger partial charge in [0.25, 0.3) is 5.56 Å². The molecule has 4 rings (SSSR count). The van der Waals surface area contributed by atoms with E-state index in [0.717, 1.165) is 38.1 Å². The van der Waals surface area contributed by atoms with Gasteiger partial charge in [-0.2, -0.15) is 5.26 Å². The monoisotopic (exact) mass is 421 g/mol. The summed E-state index contributed by atoms with van der Waals surface area (Å²) < 4.78 is 17.7. The highest BCUT2D eigenvalue weighted by Crippen LogP contribution is 2.18. The molecule has 0 atom stereocenters. The predicted octanol–water partition coefficient (Wildman–Crippen LogP) is 2.10. The Kier molecular flexibility index (Phi) is 5.72. The lowest BCUT2D eigenvalue weighted by atomic mass is 10.2. The minimum absolute atomic E-state index is 0.220. The zero-order valence-corrected chi connectivity index (χ0v) is 17.2. The van der Waals surface area contributed by atoms with Gasteiger partial charge in [-0.1, -0.05) is 24.6 Å². The maximum absolute atomic E-state index is 13.2. The van der Waals surface area contributed by atoms with Gasteiger partial charge < -0.3 is 4.57 Å². The van der Waals surface area contributed by atoms with E-state index in [1.165, 1.54) is 28.0 Å². The third-order valence-electron chi connectivity index (χ3n) is 5.05. The molecule has 152 valence electrons. The van der Waals surface area contributed by atoms with Crippen molar-refractivity contribution >= 4 is 23.0 Å². The number of aryl methyl sites for hydroxylation is 1. The second-order valence-electron chi connectivity index (χ2n) is 7.06. The van der Waals surface area contributed by atoms with E-state index < -0.39 is 0 Å². The molecule has 0 unspecified atom stereocenters. The minimum Gasteiger partial charge on any atom is -0.310 e. The van der Waals surface area contributed by atoms with Gasteiger partial charge in [0.2, 0.25) is 0 Å². The molecule has 1 aromatic carbocycles. The number of hydrogen-bond donors (Lipinski definition) is 0. The van der Waals surface area contributed by atoms with Crippen LogP contribution in [-0.2, 0) is 19.5 Å². The van der Waals surface area contributed by atoms with Crippen molar-refractivity contribution in [3.8, 4) is 6.07 Å². The Hall–Kier alpha value is -3.31. The highest BCUT2D eigenvalue weighted by atomic mass is 32.1. The summed E-state index contributed by atoms with van der Waals surface area (Å²) in [5.74, 6) is 1.04. The van der Waals surface area contributed by atoms with E-state index >= 15 is 0 Å². The molecule has 0 radical (unpaired) electrons. The normalized spacial score (nSPS) is 15.3. The first-order chi connectivity index (χ1) is 14.6. The fraction of sp³-hybridized carbons (Fsp3) is 0.273. The Morgan fingerprint density at radius 1 is 1.27 bits per heavy atom. The zero-order valence-electron chi connectivity index (χ0n) is 16.3. The number of nitrogens with zero attached hydrogens (tertiary/aromatic N) is 5. The van der Waals surface area contributed by atoms with Crippen LogP contribution in [0.1, 0.15) is 36.5 Å². The molecule has 1 aliphatic heterocycles. The molecular weight excluding hydrogens is 401 g/mol. The van der Waals surface area contributed by atoms with Gasteiger partial charge in [0, 0.05) is 19.5 Å². The third kappa shape index (κ3) is 3.76. The number of nitriles is 1. The number of hydrogen-bond acceptors (Lipinski definition) is 5. The topological polar surface area (TPSA) is 76.5 Å². The van der Waals surface area contributed by atoms with E-state index in [1.807, 2.05) is 4.57 Å². The molecule has 3 heterocycles. The quantitative estimate of drug-likeness (QED) is 0.605. The Balaban J connectivity index is 1.97. The second-order valence-corrected chi connectivity index (χ2v) is 8.09. The maximum atomic E-state index is 13.2. The molecule has 0 fully saturated rings. The first kappa shape index (κ1) is 20.0. The average molecular weight is 422 g/mol. The first-order valence-corrected chi connectivity index (χ1v) is 10.6. The van der Waals surface area contributed by atoms with Crippen LogP contribution in [0, 0.1) is 17.1 Å². The van der Waals surface area contributed by atoms with E-state index in [1.54, 1.807) is 24.3 Å². The molecule has 0 saturated carbocycles. The SMILES string of the molecule is C=CCn1c(=O)/c(=C/c2ccc(F)cc2)s/c1=C(/C#N)c1nnc2n1CCCCC2. The smallest absolute Gasteiger partial charge is 0.269 e. The summed E-state index contributed by atoms with van der Waals surface area (Å²) in [4.78, 5) is 13.0. The molecule has 0 bridgehead atoms. The van der Waals surface area contributed by atoms with E-state index in [-0.39, 0.29) is 17.9 Å². The van der Waals surface area contributed by atoms with Gasteiger partial charge in [-0.05, 0) is 36.6 Å². The van der Waals surface area contributed by atoms with Gasteiger partial charge in [0.1, 0.15) is 27.9 Å². The lowest BCUT2D eigenvalue weighted by Gasteiger charge is -2.06. The van der Waals surface area contributed by atoms with Crippen LogP contribution >= 0.6 is 11.3 Å². The molecule has 1 aliphatic rings. The van der Waals surface area contributed by atoms with Crippen LogP contribution in [0.3, 0.4) is 0 Å². The lowest BCUT2D eigenvalue weighted by molar-refractivity contribution is 0.626. The number of rotatable bonds is 4. The van der Waals surface area contributed by atoms with Crippen LogP contribution in [0.25, 0.3) is 11.6 Å². The summed E-state index contributed by atoms with van der Waals surface area (Å²) in [5.41, 5.74) is 0.822. The summed E-state index contributed by atoms with van der Waals surface area (Å²) >= 11 is 1.22. The zero-order chi connectivity index (χ0) is 21.1. The molecule has 0 aliphatic carbocycles. The van der Waals surface area contributed by atoms with Crippen molar-refractivity contribution in [3.05, 3.63) is 79.5 Å². The molecule has 2 aromatic heterocycles. The average Bonchev–Trinajstić information content (AvgIpc) is 3.17. The van der Waals surface area contributed by atoms with Crippen molar-refractivity contribution in [3.63, 3.8) is 0 Å². The Morgan fingerprint density at radius 3 is 2.80 bits per heavy atom. The van der Waals surface area contributed by atoms with Crippen molar-refractivity contribution in [2.24, 2.45) is 0 Å². The Morgan fingerprint density at radius 2 is 2.07 bits per heavy atom. The van der Waals surface area contributed by atoms with Crippen LogP contribution in [0.15, 0.2) is 41.7 Å². The molecule has 6 nitrogen and oxygen atoms in total. The highest BCUT2D eigenvalue weighted by molar-refractivity contribution is 7.07. The molecule has 30 heavy (non-hydrogen) atoms. The molecule has 0 N–H and O–H groups in total. The van der Waals surface area contributed by atoms with E-state index in [4.69, 9.17) is 0 Å². The van der Waals surface area contributed by atoms with E-state index in [0.29, 0.717) is 26.2 Å². The van der Waals surface area contributed by atoms with Crippen LogP contribution in [0.4, 0.5) is 4.39 Å². The molecule has 3 aromatic rings. The van der Waals surface area contributed by atoms with E-state index in [2.05, 4.69) is 22.8 Å².